The molecule has 0 spiro atoms. The second-order valence-corrected chi connectivity index (χ2v) is 7.66. The molecule has 0 aliphatic rings. The molecule has 0 bridgehead atoms. The van der Waals surface area contributed by atoms with Crippen molar-refractivity contribution in [2.45, 2.75) is 52.4 Å². The van der Waals surface area contributed by atoms with Gasteiger partial charge < -0.3 is 4.74 Å². The maximum atomic E-state index is 6.05. The third-order valence-electron chi connectivity index (χ3n) is 3.62. The molecule has 0 aliphatic carbocycles. The van der Waals surface area contributed by atoms with Crippen LogP contribution in [0, 0.1) is 0 Å². The Labute approximate surface area is 129 Å². The van der Waals surface area contributed by atoms with E-state index in [2.05, 4.69) is 59.7 Å². The molecule has 2 aromatic carbocycles. The van der Waals surface area contributed by atoms with Crippen molar-refractivity contribution in [3.63, 3.8) is 0 Å². The molecule has 0 saturated heterocycles. The van der Waals surface area contributed by atoms with Gasteiger partial charge in [0.2, 0.25) is 0 Å². The molecular weight excluding hydrogens is 256 g/mol. The largest absolute Gasteiger partial charge is 0.457 e. The molecule has 1 nitrogen and oxygen atoms in total. The van der Waals surface area contributed by atoms with Gasteiger partial charge in [-0.05, 0) is 46.2 Å². The Morgan fingerprint density at radius 3 is 1.52 bits per heavy atom. The molecule has 0 radical (unpaired) electrons. The number of para-hydroxylation sites is 1. The zero-order chi connectivity index (χ0) is 15.7. The SMILES string of the molecule is CC(C)(C)c1cc(Oc2ccccc2)cc(C(C)(C)C)c1. The number of rotatable bonds is 2. The lowest BCUT2D eigenvalue weighted by Crippen LogP contribution is -2.16. The van der Waals surface area contributed by atoms with Gasteiger partial charge in [-0.3, -0.25) is 0 Å². The Morgan fingerprint density at radius 1 is 0.619 bits per heavy atom. The van der Waals surface area contributed by atoms with E-state index >= 15 is 0 Å². The first-order valence-electron chi connectivity index (χ1n) is 7.55. The standard InChI is InChI=1S/C20H26O/c1-19(2,3)15-12-16(20(4,5)6)14-18(13-15)21-17-10-8-7-9-11-17/h7-14H,1-6H3. The van der Waals surface area contributed by atoms with E-state index in [-0.39, 0.29) is 10.8 Å². The summed E-state index contributed by atoms with van der Waals surface area (Å²) in [6.45, 7) is 13.4. The van der Waals surface area contributed by atoms with Gasteiger partial charge in [0.25, 0.3) is 0 Å². The van der Waals surface area contributed by atoms with Gasteiger partial charge in [0.15, 0.2) is 0 Å². The minimum atomic E-state index is 0.107. The molecule has 0 aliphatic heterocycles. The van der Waals surface area contributed by atoms with Crippen molar-refractivity contribution < 1.29 is 4.74 Å². The molecule has 0 aromatic heterocycles. The van der Waals surface area contributed by atoms with Crippen molar-refractivity contribution in [1.82, 2.24) is 0 Å². The second-order valence-electron chi connectivity index (χ2n) is 7.66. The fourth-order valence-corrected chi connectivity index (χ4v) is 2.15. The van der Waals surface area contributed by atoms with Crippen LogP contribution in [0.25, 0.3) is 0 Å². The van der Waals surface area contributed by atoms with E-state index in [0.29, 0.717) is 0 Å². The summed E-state index contributed by atoms with van der Waals surface area (Å²) >= 11 is 0. The summed E-state index contributed by atoms with van der Waals surface area (Å²) in [5.41, 5.74) is 2.83. The van der Waals surface area contributed by atoms with E-state index in [0.717, 1.165) is 11.5 Å². The predicted molar refractivity (Wildman–Crippen MR) is 90.4 cm³/mol. The van der Waals surface area contributed by atoms with Crippen LogP contribution in [-0.2, 0) is 10.8 Å². The molecule has 112 valence electrons. The Balaban J connectivity index is 2.45. The first-order chi connectivity index (χ1) is 9.66. The molecule has 0 saturated carbocycles. The molecule has 0 atom stereocenters. The average Bonchev–Trinajstić information content (AvgIpc) is 2.37. The van der Waals surface area contributed by atoms with Gasteiger partial charge in [-0.15, -0.1) is 0 Å². The maximum absolute atomic E-state index is 6.05. The van der Waals surface area contributed by atoms with Crippen LogP contribution in [-0.4, -0.2) is 0 Å². The van der Waals surface area contributed by atoms with Crippen molar-refractivity contribution in [3.8, 4) is 11.5 Å². The summed E-state index contributed by atoms with van der Waals surface area (Å²) in [7, 11) is 0. The van der Waals surface area contributed by atoms with Gasteiger partial charge in [-0.2, -0.15) is 0 Å². The highest BCUT2D eigenvalue weighted by Gasteiger charge is 2.21. The predicted octanol–water partition coefficient (Wildman–Crippen LogP) is 6.07. The van der Waals surface area contributed by atoms with Gasteiger partial charge >= 0.3 is 0 Å². The van der Waals surface area contributed by atoms with Gasteiger partial charge in [-0.1, -0.05) is 65.8 Å². The Morgan fingerprint density at radius 2 is 1.10 bits per heavy atom. The van der Waals surface area contributed by atoms with Crippen LogP contribution in [0.15, 0.2) is 48.5 Å². The molecule has 2 aromatic rings. The van der Waals surface area contributed by atoms with Crippen molar-refractivity contribution in [1.29, 1.82) is 0 Å². The van der Waals surface area contributed by atoms with Crippen LogP contribution in [0.1, 0.15) is 52.7 Å². The Kier molecular flexibility index (Phi) is 4.13. The third-order valence-corrected chi connectivity index (χ3v) is 3.62. The lowest BCUT2D eigenvalue weighted by atomic mass is 9.80. The molecular formula is C20H26O. The molecule has 0 fully saturated rings. The van der Waals surface area contributed by atoms with E-state index in [4.69, 9.17) is 4.74 Å². The summed E-state index contributed by atoms with van der Waals surface area (Å²) < 4.78 is 6.05. The fraction of sp³-hybridized carbons (Fsp3) is 0.400. The van der Waals surface area contributed by atoms with E-state index in [1.165, 1.54) is 11.1 Å². The summed E-state index contributed by atoms with van der Waals surface area (Å²) in [5, 5.41) is 0. The van der Waals surface area contributed by atoms with Gasteiger partial charge in [0.1, 0.15) is 11.5 Å². The van der Waals surface area contributed by atoms with Gasteiger partial charge in [0.05, 0.1) is 0 Å². The second kappa shape index (κ2) is 5.55. The molecule has 1 heteroatoms. The van der Waals surface area contributed by atoms with E-state index in [1.807, 2.05) is 30.3 Å². The molecule has 0 unspecified atom stereocenters. The van der Waals surface area contributed by atoms with Gasteiger partial charge in [0, 0.05) is 0 Å². The molecule has 0 heterocycles. The van der Waals surface area contributed by atoms with Crippen molar-refractivity contribution in [2.24, 2.45) is 0 Å². The number of hydrogen-bond acceptors (Lipinski definition) is 1. The minimum Gasteiger partial charge on any atom is -0.457 e. The molecule has 0 amide bonds. The molecule has 2 rings (SSSR count). The summed E-state index contributed by atoms with van der Waals surface area (Å²) in [5.74, 6) is 1.79. The summed E-state index contributed by atoms with van der Waals surface area (Å²) in [6.07, 6.45) is 0. The highest BCUT2D eigenvalue weighted by Crippen LogP contribution is 2.34. The zero-order valence-corrected chi connectivity index (χ0v) is 14.0. The van der Waals surface area contributed by atoms with Crippen LogP contribution < -0.4 is 4.74 Å². The first-order valence-corrected chi connectivity index (χ1v) is 7.55. The molecule has 21 heavy (non-hydrogen) atoms. The number of hydrogen-bond donors (Lipinski definition) is 0. The summed E-state index contributed by atoms with van der Waals surface area (Å²) in [6, 6.07) is 16.6. The summed E-state index contributed by atoms with van der Waals surface area (Å²) in [4.78, 5) is 0. The van der Waals surface area contributed by atoms with Crippen LogP contribution in [0.2, 0.25) is 0 Å². The normalized spacial score (nSPS) is 12.3. The first kappa shape index (κ1) is 15.6. The lowest BCUT2D eigenvalue weighted by molar-refractivity contribution is 0.473. The topological polar surface area (TPSA) is 9.23 Å². The van der Waals surface area contributed by atoms with Crippen molar-refractivity contribution in [2.75, 3.05) is 0 Å². The Bertz CT molecular complexity index is 566. The number of benzene rings is 2. The van der Waals surface area contributed by atoms with Crippen LogP contribution in [0.4, 0.5) is 0 Å². The van der Waals surface area contributed by atoms with Crippen molar-refractivity contribution in [3.05, 3.63) is 59.7 Å². The quantitative estimate of drug-likeness (QED) is 0.649. The zero-order valence-electron chi connectivity index (χ0n) is 14.0. The average molecular weight is 282 g/mol. The van der Waals surface area contributed by atoms with Crippen LogP contribution in [0.3, 0.4) is 0 Å². The van der Waals surface area contributed by atoms with E-state index in [9.17, 15) is 0 Å². The fourth-order valence-electron chi connectivity index (χ4n) is 2.15. The third kappa shape index (κ3) is 4.10. The van der Waals surface area contributed by atoms with Gasteiger partial charge in [-0.25, -0.2) is 0 Å². The van der Waals surface area contributed by atoms with E-state index in [1.54, 1.807) is 0 Å². The minimum absolute atomic E-state index is 0.107. The molecule has 0 N–H and O–H groups in total. The lowest BCUT2D eigenvalue weighted by Gasteiger charge is -2.26. The highest BCUT2D eigenvalue weighted by atomic mass is 16.5. The van der Waals surface area contributed by atoms with Crippen LogP contribution in [0.5, 0.6) is 11.5 Å². The maximum Gasteiger partial charge on any atom is 0.128 e. The highest BCUT2D eigenvalue weighted by molar-refractivity contribution is 5.42. The van der Waals surface area contributed by atoms with Crippen molar-refractivity contribution >= 4 is 0 Å². The van der Waals surface area contributed by atoms with E-state index < -0.39 is 0 Å². The number of ether oxygens (including phenoxy) is 1. The smallest absolute Gasteiger partial charge is 0.128 e. The Hall–Kier alpha value is -1.76. The monoisotopic (exact) mass is 282 g/mol. The van der Waals surface area contributed by atoms with Crippen LogP contribution >= 0.6 is 0 Å².